The molecule has 1 saturated heterocycles. The minimum Gasteiger partial charge on any atom is -0.333 e. The van der Waals surface area contributed by atoms with E-state index in [1.165, 1.54) is 6.92 Å². The third kappa shape index (κ3) is 4.08. The summed E-state index contributed by atoms with van der Waals surface area (Å²) in [6.07, 6.45) is 0.259. The molecule has 6 heteroatoms. The maximum absolute atomic E-state index is 12.2. The zero-order valence-electron chi connectivity index (χ0n) is 14.8. The summed E-state index contributed by atoms with van der Waals surface area (Å²) >= 11 is 0. The second-order valence-electron chi connectivity index (χ2n) is 6.48. The molecule has 0 saturated carbocycles. The van der Waals surface area contributed by atoms with Crippen molar-refractivity contribution in [3.05, 3.63) is 59.7 Å². The first-order chi connectivity index (χ1) is 12.4. The highest BCUT2D eigenvalue weighted by molar-refractivity contribution is 5.98. The Morgan fingerprint density at radius 2 is 1.85 bits per heavy atom. The predicted molar refractivity (Wildman–Crippen MR) is 101 cm³/mol. The smallest absolute Gasteiger partial charge is 0.319 e. The SMILES string of the molecule is CC(=O)c1cccc(NC(=O)NC2CC(=O)N(c3ccc(C)cc3)C2)c1. The average molecular weight is 351 g/mol. The van der Waals surface area contributed by atoms with Crippen LogP contribution in [0.1, 0.15) is 29.3 Å². The number of benzene rings is 2. The van der Waals surface area contributed by atoms with Crippen molar-refractivity contribution in [3.63, 3.8) is 0 Å². The van der Waals surface area contributed by atoms with Gasteiger partial charge in [-0.15, -0.1) is 0 Å². The van der Waals surface area contributed by atoms with Gasteiger partial charge in [-0.25, -0.2) is 4.79 Å². The number of hydrogen-bond donors (Lipinski definition) is 2. The van der Waals surface area contributed by atoms with Crippen molar-refractivity contribution in [2.24, 2.45) is 0 Å². The standard InChI is InChI=1S/C20H21N3O3/c1-13-6-8-18(9-7-13)23-12-17(11-19(23)25)22-20(26)21-16-5-3-4-15(10-16)14(2)24/h3-10,17H,11-12H2,1-2H3,(H2,21,22,26). The molecule has 3 amide bonds. The molecule has 1 fully saturated rings. The van der Waals surface area contributed by atoms with Crippen LogP contribution < -0.4 is 15.5 Å². The summed E-state index contributed by atoms with van der Waals surface area (Å²) in [6.45, 7) is 3.90. The Kier molecular flexibility index (Phi) is 5.02. The molecular formula is C20H21N3O3. The first-order valence-corrected chi connectivity index (χ1v) is 8.48. The average Bonchev–Trinajstić information content (AvgIpc) is 2.95. The van der Waals surface area contributed by atoms with E-state index in [-0.39, 0.29) is 24.2 Å². The van der Waals surface area contributed by atoms with Gasteiger partial charge in [0.25, 0.3) is 0 Å². The monoisotopic (exact) mass is 351 g/mol. The second kappa shape index (κ2) is 7.39. The zero-order chi connectivity index (χ0) is 18.7. The van der Waals surface area contributed by atoms with E-state index in [1.807, 2.05) is 31.2 Å². The van der Waals surface area contributed by atoms with Crippen LogP contribution in [0.5, 0.6) is 0 Å². The van der Waals surface area contributed by atoms with E-state index in [0.717, 1.165) is 11.3 Å². The van der Waals surface area contributed by atoms with Gasteiger partial charge in [-0.05, 0) is 38.1 Å². The van der Waals surface area contributed by atoms with E-state index < -0.39 is 6.03 Å². The minimum absolute atomic E-state index is 0.0160. The minimum atomic E-state index is -0.394. The van der Waals surface area contributed by atoms with E-state index in [2.05, 4.69) is 10.6 Å². The second-order valence-corrected chi connectivity index (χ2v) is 6.48. The quantitative estimate of drug-likeness (QED) is 0.831. The summed E-state index contributed by atoms with van der Waals surface area (Å²) < 4.78 is 0. The Morgan fingerprint density at radius 3 is 2.54 bits per heavy atom. The van der Waals surface area contributed by atoms with Crippen molar-refractivity contribution >= 4 is 29.1 Å². The van der Waals surface area contributed by atoms with Crippen molar-refractivity contribution in [2.75, 3.05) is 16.8 Å². The van der Waals surface area contributed by atoms with Crippen LogP contribution in [0.2, 0.25) is 0 Å². The van der Waals surface area contributed by atoms with Gasteiger partial charge in [0, 0.05) is 29.9 Å². The summed E-state index contributed by atoms with van der Waals surface area (Å²) in [5, 5.41) is 5.53. The molecule has 6 nitrogen and oxygen atoms in total. The van der Waals surface area contributed by atoms with Crippen LogP contribution in [-0.4, -0.2) is 30.3 Å². The molecule has 0 aromatic heterocycles. The number of hydrogen-bond acceptors (Lipinski definition) is 3. The fraction of sp³-hybridized carbons (Fsp3) is 0.250. The molecule has 0 bridgehead atoms. The lowest BCUT2D eigenvalue weighted by molar-refractivity contribution is -0.117. The molecule has 1 heterocycles. The first kappa shape index (κ1) is 17.7. The van der Waals surface area contributed by atoms with Crippen LogP contribution in [0.4, 0.5) is 16.2 Å². The summed E-state index contributed by atoms with van der Waals surface area (Å²) in [6, 6.07) is 13.8. The zero-order valence-corrected chi connectivity index (χ0v) is 14.8. The van der Waals surface area contributed by atoms with Gasteiger partial charge in [0.05, 0.1) is 6.04 Å². The van der Waals surface area contributed by atoms with Crippen molar-refractivity contribution in [2.45, 2.75) is 26.3 Å². The number of ketones is 1. The Morgan fingerprint density at radius 1 is 1.12 bits per heavy atom. The van der Waals surface area contributed by atoms with E-state index in [1.54, 1.807) is 29.2 Å². The van der Waals surface area contributed by atoms with Gasteiger partial charge >= 0.3 is 6.03 Å². The number of aryl methyl sites for hydroxylation is 1. The molecule has 0 spiro atoms. The van der Waals surface area contributed by atoms with E-state index in [9.17, 15) is 14.4 Å². The molecular weight excluding hydrogens is 330 g/mol. The summed E-state index contributed by atoms with van der Waals surface area (Å²) in [4.78, 5) is 37.6. The highest BCUT2D eigenvalue weighted by Gasteiger charge is 2.31. The number of Topliss-reactive ketones (excluding diaryl/α,β-unsaturated/α-hetero) is 1. The van der Waals surface area contributed by atoms with Gasteiger partial charge in [0.1, 0.15) is 0 Å². The molecule has 1 aliphatic rings. The van der Waals surface area contributed by atoms with Crippen molar-refractivity contribution < 1.29 is 14.4 Å². The lowest BCUT2D eigenvalue weighted by Gasteiger charge is -2.17. The fourth-order valence-corrected chi connectivity index (χ4v) is 2.95. The molecule has 1 aliphatic heterocycles. The molecule has 1 atom stereocenters. The highest BCUT2D eigenvalue weighted by Crippen LogP contribution is 2.22. The van der Waals surface area contributed by atoms with E-state index in [0.29, 0.717) is 17.8 Å². The number of amides is 3. The van der Waals surface area contributed by atoms with Crippen LogP contribution in [-0.2, 0) is 4.79 Å². The molecule has 3 rings (SSSR count). The van der Waals surface area contributed by atoms with E-state index in [4.69, 9.17) is 0 Å². The van der Waals surface area contributed by atoms with Crippen molar-refractivity contribution in [3.8, 4) is 0 Å². The van der Waals surface area contributed by atoms with Crippen LogP contribution in [0.3, 0.4) is 0 Å². The van der Waals surface area contributed by atoms with Crippen LogP contribution in [0, 0.1) is 6.92 Å². The normalized spacial score (nSPS) is 16.5. The van der Waals surface area contributed by atoms with Crippen LogP contribution >= 0.6 is 0 Å². The number of nitrogens with zero attached hydrogens (tertiary/aromatic N) is 1. The van der Waals surface area contributed by atoms with E-state index >= 15 is 0 Å². The largest absolute Gasteiger partial charge is 0.333 e. The number of nitrogens with one attached hydrogen (secondary N) is 2. The molecule has 0 radical (unpaired) electrons. The van der Waals surface area contributed by atoms with Gasteiger partial charge < -0.3 is 15.5 Å². The Bertz CT molecular complexity index is 846. The lowest BCUT2D eigenvalue weighted by atomic mass is 10.1. The molecule has 0 aliphatic carbocycles. The van der Waals surface area contributed by atoms with Crippen LogP contribution in [0.25, 0.3) is 0 Å². The highest BCUT2D eigenvalue weighted by atomic mass is 16.2. The molecule has 26 heavy (non-hydrogen) atoms. The molecule has 2 aromatic rings. The first-order valence-electron chi connectivity index (χ1n) is 8.48. The van der Waals surface area contributed by atoms with Gasteiger partial charge in [-0.3, -0.25) is 9.59 Å². The van der Waals surface area contributed by atoms with Gasteiger partial charge in [-0.1, -0.05) is 29.8 Å². The van der Waals surface area contributed by atoms with Gasteiger partial charge in [0.15, 0.2) is 5.78 Å². The number of urea groups is 1. The van der Waals surface area contributed by atoms with Gasteiger partial charge in [0.2, 0.25) is 5.91 Å². The maximum Gasteiger partial charge on any atom is 0.319 e. The molecule has 1 unspecified atom stereocenters. The third-order valence-corrected chi connectivity index (χ3v) is 4.33. The number of rotatable bonds is 4. The Hall–Kier alpha value is -3.15. The fourth-order valence-electron chi connectivity index (χ4n) is 2.95. The number of carbonyl (C=O) groups is 3. The predicted octanol–water partition coefficient (Wildman–Crippen LogP) is 3.12. The number of anilines is 2. The lowest BCUT2D eigenvalue weighted by Crippen LogP contribution is -2.39. The van der Waals surface area contributed by atoms with Crippen LogP contribution in [0.15, 0.2) is 48.5 Å². The maximum atomic E-state index is 12.2. The summed E-state index contributed by atoms with van der Waals surface area (Å²) in [7, 11) is 0. The number of carbonyl (C=O) groups excluding carboxylic acids is 3. The third-order valence-electron chi connectivity index (χ3n) is 4.33. The molecule has 2 aromatic carbocycles. The summed E-state index contributed by atoms with van der Waals surface area (Å²) in [5.74, 6) is -0.0816. The van der Waals surface area contributed by atoms with Crippen molar-refractivity contribution in [1.82, 2.24) is 5.32 Å². The topological polar surface area (TPSA) is 78.5 Å². The molecule has 2 N–H and O–H groups in total. The van der Waals surface area contributed by atoms with Gasteiger partial charge in [-0.2, -0.15) is 0 Å². The Balaban J connectivity index is 1.60. The Labute approximate surface area is 152 Å². The summed E-state index contributed by atoms with van der Waals surface area (Å²) in [5.41, 5.74) is 3.03. The van der Waals surface area contributed by atoms with Crippen molar-refractivity contribution in [1.29, 1.82) is 0 Å². The molecule has 134 valence electrons.